The lowest BCUT2D eigenvalue weighted by molar-refractivity contribution is -0.142. The Kier molecular flexibility index (Phi) is 2.59. The summed E-state index contributed by atoms with van der Waals surface area (Å²) in [6.45, 7) is -4.35. The zero-order valence-corrected chi connectivity index (χ0v) is 5.97. The molecule has 0 bridgehead atoms. The number of carbonyl (C=O) groups is 1. The van der Waals surface area contributed by atoms with Crippen LogP contribution in [0.4, 0.5) is 0 Å². The molecule has 0 aromatic heterocycles. The highest BCUT2D eigenvalue weighted by Crippen LogP contribution is 2.00. The average Bonchev–Trinajstić information content (AvgIpc) is 2.25. The van der Waals surface area contributed by atoms with Gasteiger partial charge in [-0.3, -0.25) is 4.79 Å². The fraction of sp³-hybridized carbons (Fsp3) is 0.833. The molecule has 0 unspecified atom stereocenters. The fourth-order valence-electron chi connectivity index (χ4n) is 0.469. The molecule has 6 heteroatoms. The number of hydrogen-bond donors (Lipinski definition) is 5. The van der Waals surface area contributed by atoms with E-state index in [0.717, 1.165) is 0 Å². The van der Waals surface area contributed by atoms with E-state index in [1.807, 2.05) is 0 Å². The van der Waals surface area contributed by atoms with Crippen LogP contribution in [0.1, 0.15) is 4.11 Å². The number of rotatable bonds is 6. The van der Waals surface area contributed by atoms with Crippen molar-refractivity contribution in [3.8, 4) is 0 Å². The molecule has 3 atom stereocenters. The van der Waals surface area contributed by atoms with Gasteiger partial charge in [0.25, 0.3) is 0 Å². The lowest BCUT2D eigenvalue weighted by Gasteiger charge is -2.19. The molecule has 0 aliphatic rings. The fourth-order valence-corrected chi connectivity index (χ4v) is 0.469. The van der Waals surface area contributed by atoms with E-state index < -0.39 is 37.2 Å². The van der Waals surface area contributed by atoms with Gasteiger partial charge in [-0.05, 0) is 0 Å². The van der Waals surface area contributed by atoms with Gasteiger partial charge in [-0.1, -0.05) is 0 Å². The van der Waals surface area contributed by atoms with Crippen molar-refractivity contribution in [1.82, 2.24) is 0 Å². The quantitative estimate of drug-likeness (QED) is 0.294. The minimum absolute atomic E-state index is 1.04. The Labute approximate surface area is 74.4 Å². The van der Waals surface area contributed by atoms with Crippen molar-refractivity contribution in [2.24, 2.45) is 0 Å². The van der Waals surface area contributed by atoms with Crippen LogP contribution in [0.2, 0.25) is 0 Å². The molecule has 0 aliphatic heterocycles. The van der Waals surface area contributed by atoms with Gasteiger partial charge in [0.1, 0.15) is 24.8 Å². The lowest BCUT2D eigenvalue weighted by atomic mass is 10.1. The van der Waals surface area contributed by atoms with E-state index in [4.69, 9.17) is 20.9 Å². The molecule has 0 rings (SSSR count). The molecule has 0 saturated carbocycles. The van der Waals surface area contributed by atoms with Crippen molar-refractivity contribution in [1.29, 1.82) is 1.43 Å². The molecule has 0 heterocycles. The van der Waals surface area contributed by atoms with Gasteiger partial charge in [0.15, 0.2) is 5.78 Å². The maximum Gasteiger partial charge on any atom is 0.211 e. The Hall–Kier alpha value is -0.530. The second-order valence-electron chi connectivity index (χ2n) is 2.01. The highest BCUT2D eigenvalue weighted by molar-refractivity contribution is 5.84. The molecule has 0 radical (unpaired) electrons. The van der Waals surface area contributed by atoms with Gasteiger partial charge in [0.2, 0.25) is 1.43 Å². The number of hydrogen-bond acceptors (Lipinski definition) is 6. The molecule has 0 spiro atoms. The molecule has 5 N–H and O–H groups in total. The maximum atomic E-state index is 11.2. The van der Waals surface area contributed by atoms with Crippen molar-refractivity contribution in [3.05, 3.63) is 0 Å². The highest BCUT2D eigenvalue weighted by atomic mass is 16.4. The van der Waals surface area contributed by atoms with Crippen LogP contribution in [-0.2, 0) is 4.79 Å². The summed E-state index contributed by atoms with van der Waals surface area (Å²) >= 11 is 0. The zero-order chi connectivity index (χ0) is 13.1. The van der Waals surface area contributed by atoms with Crippen molar-refractivity contribution < 1.29 is 34.4 Å². The van der Waals surface area contributed by atoms with Gasteiger partial charge in [0.05, 0.1) is 10.7 Å². The number of ketones is 1. The zero-order valence-electron chi connectivity index (χ0n) is 9.97. The molecule has 12 heavy (non-hydrogen) atoms. The molecule has 0 aliphatic carbocycles. The largest absolute Gasteiger partial charge is 0.394 e. The molecular formula is C6H12O6. The van der Waals surface area contributed by atoms with Crippen LogP contribution >= 0.6 is 0 Å². The van der Waals surface area contributed by atoms with Crippen LogP contribution < -0.4 is 0 Å². The smallest absolute Gasteiger partial charge is 0.211 e. The van der Waals surface area contributed by atoms with E-state index in [-0.39, 0.29) is 0 Å². The van der Waals surface area contributed by atoms with Gasteiger partial charge in [-0.2, -0.15) is 0 Å². The normalized spacial score (nSPS) is 27.0. The second kappa shape index (κ2) is 5.18. The van der Waals surface area contributed by atoms with E-state index in [1.165, 1.54) is 0 Å². The van der Waals surface area contributed by atoms with E-state index in [1.54, 1.807) is 0 Å². The standard InChI is InChI=1S/C6H12O6/c7-1-3(9)5(11)6(12)4(10)2-8/h3,5-9,11-12H,1-2H2/t3-,5-,6+/m1/s1/i2D2,6D,8D. The SMILES string of the molecule is [2H]OC([2H])([2H])C(=O)[C@]([2H])(O)[C@H](O)[C@H](O)CO. The predicted molar refractivity (Wildman–Crippen MR) is 37.2 cm³/mol. The van der Waals surface area contributed by atoms with Crippen LogP contribution in [0.3, 0.4) is 0 Å². The first-order valence-electron chi connectivity index (χ1n) is 4.90. The minimum atomic E-state index is -3.44. The minimum Gasteiger partial charge on any atom is -0.394 e. The van der Waals surface area contributed by atoms with Crippen molar-refractivity contribution in [3.63, 3.8) is 0 Å². The predicted octanol–water partition coefficient (Wildman–Crippen LogP) is -3.38. The molecule has 0 saturated heterocycles. The Morgan fingerprint density at radius 2 is 2.17 bits per heavy atom. The van der Waals surface area contributed by atoms with E-state index in [0.29, 0.717) is 0 Å². The number of aliphatic hydroxyl groups is 5. The molecule has 0 fully saturated rings. The van der Waals surface area contributed by atoms with Gasteiger partial charge in [-0.15, -0.1) is 0 Å². The molecule has 6 nitrogen and oxygen atoms in total. The van der Waals surface area contributed by atoms with Crippen molar-refractivity contribution in [2.45, 2.75) is 18.3 Å². The van der Waals surface area contributed by atoms with Crippen molar-refractivity contribution in [2.75, 3.05) is 13.2 Å². The summed E-state index contributed by atoms with van der Waals surface area (Å²) in [7, 11) is 0. The first-order valence-corrected chi connectivity index (χ1v) is 2.99. The van der Waals surface area contributed by atoms with Crippen LogP contribution in [-0.4, -0.2) is 64.2 Å². The molecule has 0 aromatic carbocycles. The number of Topliss-reactive ketones (excluding diaryl/α,β-unsaturated/α-hetero) is 1. The molecule has 0 aromatic rings. The Morgan fingerprint density at radius 1 is 1.58 bits per heavy atom. The van der Waals surface area contributed by atoms with Crippen LogP contribution in [0.25, 0.3) is 0 Å². The summed E-state index contributed by atoms with van der Waals surface area (Å²) in [4.78, 5) is 11.2. The Balaban J connectivity index is 4.98. The van der Waals surface area contributed by atoms with Gasteiger partial charge in [-0.25, -0.2) is 0 Å². The van der Waals surface area contributed by atoms with Gasteiger partial charge >= 0.3 is 0 Å². The lowest BCUT2D eigenvalue weighted by Crippen LogP contribution is -2.44. The van der Waals surface area contributed by atoms with Crippen molar-refractivity contribution >= 4 is 5.78 Å². The van der Waals surface area contributed by atoms with Crippen LogP contribution in [0.5, 0.6) is 0 Å². The Morgan fingerprint density at radius 3 is 2.58 bits per heavy atom. The van der Waals surface area contributed by atoms with Crippen LogP contribution in [0.15, 0.2) is 0 Å². The average molecular weight is 184 g/mol. The topological polar surface area (TPSA) is 118 Å². The number of carbonyl (C=O) groups excluding carboxylic acids is 1. The van der Waals surface area contributed by atoms with E-state index >= 15 is 0 Å². The third kappa shape index (κ3) is 2.84. The first kappa shape index (κ1) is 6.01. The monoisotopic (exact) mass is 184 g/mol. The maximum absolute atomic E-state index is 11.2. The second-order valence-corrected chi connectivity index (χ2v) is 2.01. The van der Waals surface area contributed by atoms with Gasteiger partial charge < -0.3 is 25.5 Å². The summed E-state index contributed by atoms with van der Waals surface area (Å²) in [5.41, 5.74) is 0. The first-order chi connectivity index (χ1) is 7.11. The highest BCUT2D eigenvalue weighted by Gasteiger charge is 2.28. The molecular weight excluding hydrogens is 168 g/mol. The summed E-state index contributed by atoms with van der Waals surface area (Å²) in [6.07, 6.45) is -7.88. The van der Waals surface area contributed by atoms with E-state index in [2.05, 4.69) is 5.11 Å². The Bertz CT molecular complexity index is 257. The summed E-state index contributed by atoms with van der Waals surface area (Å²) in [5, 5.41) is 39.0. The number of aliphatic hydroxyl groups excluding tert-OH is 3. The summed E-state index contributed by atoms with van der Waals surface area (Å²) < 4.78 is 26.8. The third-order valence-electron chi connectivity index (χ3n) is 1.16. The van der Waals surface area contributed by atoms with E-state index in [9.17, 15) is 9.90 Å². The summed E-state index contributed by atoms with van der Waals surface area (Å²) in [5.74, 6) is -1.96. The molecule has 0 amide bonds. The van der Waals surface area contributed by atoms with Gasteiger partial charge in [0, 0.05) is 0 Å². The molecule has 72 valence electrons. The summed E-state index contributed by atoms with van der Waals surface area (Å²) in [6, 6.07) is 0. The third-order valence-corrected chi connectivity index (χ3v) is 1.16. The van der Waals surface area contributed by atoms with Crippen LogP contribution in [0, 0.1) is 0 Å².